The van der Waals surface area contributed by atoms with Crippen LogP contribution >= 0.6 is 0 Å². The Balaban J connectivity index is 1.30. The molecule has 3 aromatic rings. The molecule has 3 aromatic heterocycles. The van der Waals surface area contributed by atoms with E-state index in [4.69, 9.17) is 0 Å². The number of aromatic nitrogens is 4. The summed E-state index contributed by atoms with van der Waals surface area (Å²) in [4.78, 5) is 35.5. The molecule has 0 atom stereocenters. The van der Waals surface area contributed by atoms with Crippen molar-refractivity contribution in [3.8, 4) is 0 Å². The number of fused-ring (bicyclic) bond motifs is 1. The van der Waals surface area contributed by atoms with E-state index in [0.29, 0.717) is 29.8 Å². The first-order valence-corrected chi connectivity index (χ1v) is 13.4. The summed E-state index contributed by atoms with van der Waals surface area (Å²) in [6.45, 7) is 4.06. The van der Waals surface area contributed by atoms with Gasteiger partial charge in [0.25, 0.3) is 5.91 Å². The van der Waals surface area contributed by atoms with Gasteiger partial charge >= 0.3 is 0 Å². The maximum Gasteiger partial charge on any atom is 0.276 e. The van der Waals surface area contributed by atoms with Gasteiger partial charge in [0.1, 0.15) is 5.82 Å². The van der Waals surface area contributed by atoms with Gasteiger partial charge in [-0.2, -0.15) is 0 Å². The van der Waals surface area contributed by atoms with Gasteiger partial charge in [-0.3, -0.25) is 14.6 Å². The van der Waals surface area contributed by atoms with Crippen molar-refractivity contribution in [1.82, 2.24) is 24.5 Å². The number of carbonyl (C=O) groups is 2. The second-order valence-corrected chi connectivity index (χ2v) is 10.7. The van der Waals surface area contributed by atoms with Crippen LogP contribution in [0.4, 0.5) is 21.6 Å². The summed E-state index contributed by atoms with van der Waals surface area (Å²) < 4.78 is 15.6. The molecule has 2 aliphatic rings. The van der Waals surface area contributed by atoms with Gasteiger partial charge in [0.05, 0.1) is 23.8 Å². The van der Waals surface area contributed by atoms with Crippen molar-refractivity contribution in [2.45, 2.75) is 76.9 Å². The lowest BCUT2D eigenvalue weighted by molar-refractivity contribution is -0.132. The number of imidazole rings is 1. The lowest BCUT2D eigenvalue weighted by atomic mass is 9.83. The van der Waals surface area contributed by atoms with Gasteiger partial charge in [0, 0.05) is 43.9 Å². The van der Waals surface area contributed by atoms with Gasteiger partial charge < -0.3 is 20.9 Å². The number of halogens is 1. The summed E-state index contributed by atoms with van der Waals surface area (Å²) in [5.41, 5.74) is 1.59. The second-order valence-electron chi connectivity index (χ2n) is 10.7. The molecule has 2 aliphatic carbocycles. The molecule has 0 saturated heterocycles. The number of hydrogen-bond donors (Lipinski definition) is 3. The summed E-state index contributed by atoms with van der Waals surface area (Å²) in [6, 6.07) is 4.15. The zero-order chi connectivity index (χ0) is 26.8. The largest absolute Gasteiger partial charge is 0.379 e. The smallest absolute Gasteiger partial charge is 0.276 e. The Labute approximate surface area is 221 Å². The van der Waals surface area contributed by atoms with Crippen molar-refractivity contribution in [3.05, 3.63) is 42.2 Å². The highest BCUT2D eigenvalue weighted by Crippen LogP contribution is 2.32. The van der Waals surface area contributed by atoms with Gasteiger partial charge in [-0.25, -0.2) is 13.9 Å². The molecule has 2 fully saturated rings. The average molecular weight is 523 g/mol. The molecule has 11 heteroatoms. The minimum Gasteiger partial charge on any atom is -0.379 e. The highest BCUT2D eigenvalue weighted by atomic mass is 19.1. The zero-order valence-electron chi connectivity index (χ0n) is 22.1. The van der Waals surface area contributed by atoms with Gasteiger partial charge in [-0.1, -0.05) is 0 Å². The molecule has 2 saturated carbocycles. The molecule has 0 aromatic carbocycles. The van der Waals surface area contributed by atoms with Crippen molar-refractivity contribution in [2.75, 3.05) is 23.0 Å². The van der Waals surface area contributed by atoms with Crippen LogP contribution in [0.5, 0.6) is 0 Å². The van der Waals surface area contributed by atoms with E-state index < -0.39 is 11.7 Å². The number of nitrogens with one attached hydrogen (secondary N) is 3. The van der Waals surface area contributed by atoms with Crippen LogP contribution in [0.3, 0.4) is 0 Å². The van der Waals surface area contributed by atoms with Gasteiger partial charge in [-0.15, -0.1) is 5.10 Å². The molecule has 0 radical (unpaired) electrons. The van der Waals surface area contributed by atoms with Crippen LogP contribution in [0, 0.1) is 11.7 Å². The van der Waals surface area contributed by atoms with Crippen LogP contribution in [0.2, 0.25) is 0 Å². The van der Waals surface area contributed by atoms with Gasteiger partial charge in [0.2, 0.25) is 5.91 Å². The van der Waals surface area contributed by atoms with Crippen LogP contribution in [0.15, 0.2) is 30.7 Å². The quantitative estimate of drug-likeness (QED) is 0.383. The molecule has 2 amide bonds. The van der Waals surface area contributed by atoms with Crippen molar-refractivity contribution < 1.29 is 14.0 Å². The fraction of sp³-hybridized carbons (Fsp3) is 0.519. The number of pyridine rings is 1. The highest BCUT2D eigenvalue weighted by Gasteiger charge is 2.27. The first-order valence-electron chi connectivity index (χ1n) is 13.4. The molecule has 0 aliphatic heterocycles. The van der Waals surface area contributed by atoms with Gasteiger partial charge in [-0.05, 0) is 64.4 Å². The van der Waals surface area contributed by atoms with E-state index in [1.165, 1.54) is 23.0 Å². The first kappa shape index (κ1) is 25.9. The molecule has 5 rings (SSSR count). The Morgan fingerprint density at radius 3 is 2.47 bits per heavy atom. The summed E-state index contributed by atoms with van der Waals surface area (Å²) in [7, 11) is 1.87. The van der Waals surface area contributed by atoms with Crippen LogP contribution < -0.4 is 16.0 Å². The van der Waals surface area contributed by atoms with Crippen molar-refractivity contribution in [2.24, 2.45) is 5.92 Å². The monoisotopic (exact) mass is 522 g/mol. The molecule has 3 heterocycles. The van der Waals surface area contributed by atoms with Crippen molar-refractivity contribution >= 4 is 34.7 Å². The number of amides is 2. The minimum atomic E-state index is -0.616. The predicted molar refractivity (Wildman–Crippen MR) is 144 cm³/mol. The van der Waals surface area contributed by atoms with E-state index in [-0.39, 0.29) is 29.4 Å². The van der Waals surface area contributed by atoms with Gasteiger partial charge in [0.15, 0.2) is 17.2 Å². The Morgan fingerprint density at radius 1 is 1.08 bits per heavy atom. The maximum atomic E-state index is 14.1. The molecule has 0 unspecified atom stereocenters. The Hall–Kier alpha value is -3.76. The van der Waals surface area contributed by atoms with Crippen LogP contribution in [-0.2, 0) is 4.79 Å². The molecule has 10 nitrogen and oxygen atoms in total. The zero-order valence-corrected chi connectivity index (χ0v) is 22.1. The third-order valence-corrected chi connectivity index (χ3v) is 7.49. The standard InChI is InChI=1S/C27H35FN8O2/c1-16(2)35(3)25(37)12-17-4-6-19(7-5-17)32-24-13-22(31-18-8-9-18)26-30-15-23(36(26)34-24)27(38)33-21-10-11-29-14-20(21)28/h10-11,13-19,31H,4-9,12H2,1-3H3,(H,32,34)(H,29,33,38). The fourth-order valence-electron chi connectivity index (χ4n) is 4.81. The van der Waals surface area contributed by atoms with E-state index in [1.54, 1.807) is 0 Å². The number of hydrogen-bond acceptors (Lipinski definition) is 7. The first-order chi connectivity index (χ1) is 18.3. The maximum absolute atomic E-state index is 14.1. The SMILES string of the molecule is CC(C)N(C)C(=O)CC1CCC(Nc2cc(NC3CC3)c3ncc(C(=O)Nc4ccncc4F)n3n2)CC1. The Morgan fingerprint density at radius 2 is 1.79 bits per heavy atom. The van der Waals surface area contributed by atoms with E-state index in [2.05, 4.69) is 31.0 Å². The molecule has 202 valence electrons. The molecular formula is C27H35FN8O2. The van der Waals surface area contributed by atoms with Crippen molar-refractivity contribution in [1.29, 1.82) is 0 Å². The average Bonchev–Trinajstić information content (AvgIpc) is 3.61. The number of anilines is 3. The molecule has 0 bridgehead atoms. The number of nitrogens with zero attached hydrogens (tertiary/aromatic N) is 5. The van der Waals surface area contributed by atoms with Crippen LogP contribution in [0.25, 0.3) is 5.65 Å². The topological polar surface area (TPSA) is 117 Å². The molecule has 38 heavy (non-hydrogen) atoms. The fourth-order valence-corrected chi connectivity index (χ4v) is 4.81. The molecular weight excluding hydrogens is 487 g/mol. The summed E-state index contributed by atoms with van der Waals surface area (Å²) >= 11 is 0. The Bertz CT molecular complexity index is 1310. The lowest BCUT2D eigenvalue weighted by Gasteiger charge is -2.31. The van der Waals surface area contributed by atoms with Crippen molar-refractivity contribution in [3.63, 3.8) is 0 Å². The highest BCUT2D eigenvalue weighted by molar-refractivity contribution is 6.03. The predicted octanol–water partition coefficient (Wildman–Crippen LogP) is 4.32. The van der Waals surface area contributed by atoms with E-state index in [0.717, 1.165) is 50.4 Å². The Kier molecular flexibility index (Phi) is 7.44. The molecule has 0 spiro atoms. The number of rotatable bonds is 9. The van der Waals surface area contributed by atoms with Crippen LogP contribution in [0.1, 0.15) is 69.3 Å². The number of carbonyl (C=O) groups excluding carboxylic acids is 2. The van der Waals surface area contributed by atoms with Crippen LogP contribution in [-0.4, -0.2) is 61.5 Å². The summed E-state index contributed by atoms with van der Waals surface area (Å²) in [6.07, 6.45) is 10.5. The second kappa shape index (κ2) is 10.9. The summed E-state index contributed by atoms with van der Waals surface area (Å²) in [5, 5.41) is 14.3. The van der Waals surface area contributed by atoms with E-state index in [1.807, 2.05) is 31.9 Å². The van der Waals surface area contributed by atoms with E-state index in [9.17, 15) is 14.0 Å². The van der Waals surface area contributed by atoms with E-state index >= 15 is 0 Å². The normalized spacial score (nSPS) is 19.4. The lowest BCUT2D eigenvalue weighted by Crippen LogP contribution is -2.35. The minimum absolute atomic E-state index is 0.0420. The third kappa shape index (κ3) is 5.87. The third-order valence-electron chi connectivity index (χ3n) is 7.49. The summed E-state index contributed by atoms with van der Waals surface area (Å²) in [5.74, 6) is 0.107. The molecule has 3 N–H and O–H groups in total.